The van der Waals surface area contributed by atoms with Crippen molar-refractivity contribution in [3.8, 4) is 0 Å². The molecule has 27 heavy (non-hydrogen) atoms. The minimum absolute atomic E-state index is 0.149. The average Bonchev–Trinajstić information content (AvgIpc) is 2.67. The van der Waals surface area contributed by atoms with Crippen molar-refractivity contribution >= 4 is 11.9 Å². The fourth-order valence-electron chi connectivity index (χ4n) is 2.68. The van der Waals surface area contributed by atoms with E-state index >= 15 is 0 Å². The second kappa shape index (κ2) is 8.40. The van der Waals surface area contributed by atoms with Crippen molar-refractivity contribution in [3.05, 3.63) is 89.0 Å². The van der Waals surface area contributed by atoms with Crippen LogP contribution >= 0.6 is 0 Å². The molecule has 1 aromatic heterocycles. The minimum atomic E-state index is -0.299. The van der Waals surface area contributed by atoms with Gasteiger partial charge in [-0.25, -0.2) is 14.4 Å². The van der Waals surface area contributed by atoms with Gasteiger partial charge in [-0.3, -0.25) is 4.79 Å². The van der Waals surface area contributed by atoms with Crippen molar-refractivity contribution in [3.63, 3.8) is 0 Å². The molecule has 138 valence electrons. The van der Waals surface area contributed by atoms with E-state index in [4.69, 9.17) is 0 Å². The van der Waals surface area contributed by atoms with E-state index in [9.17, 15) is 9.18 Å². The van der Waals surface area contributed by atoms with E-state index < -0.39 is 0 Å². The van der Waals surface area contributed by atoms with Gasteiger partial charge in [-0.05, 0) is 31.5 Å². The summed E-state index contributed by atoms with van der Waals surface area (Å²) in [4.78, 5) is 21.1. The van der Waals surface area contributed by atoms with Gasteiger partial charge in [-0.1, -0.05) is 48.5 Å². The smallest absolute Gasteiger partial charge is 0.270 e. The first-order valence-corrected chi connectivity index (χ1v) is 8.71. The van der Waals surface area contributed by atoms with Gasteiger partial charge in [0.2, 0.25) is 5.95 Å². The number of carbonyl (C=O) groups is 1. The highest BCUT2D eigenvalue weighted by atomic mass is 19.1. The highest BCUT2D eigenvalue weighted by molar-refractivity contribution is 5.92. The van der Waals surface area contributed by atoms with Gasteiger partial charge in [0.15, 0.2) is 0 Å². The van der Waals surface area contributed by atoms with Crippen molar-refractivity contribution < 1.29 is 9.18 Å². The zero-order valence-corrected chi connectivity index (χ0v) is 15.2. The Kier molecular flexibility index (Phi) is 5.76. The Hall–Kier alpha value is -3.28. The van der Waals surface area contributed by atoms with Gasteiger partial charge in [-0.2, -0.15) is 0 Å². The molecule has 1 amide bonds. The first-order valence-electron chi connectivity index (χ1n) is 8.71. The summed E-state index contributed by atoms with van der Waals surface area (Å²) in [5.74, 6) is -0.297. The maximum Gasteiger partial charge on any atom is 0.270 e. The molecule has 2 N–H and O–H groups in total. The zero-order valence-electron chi connectivity index (χ0n) is 15.2. The molecule has 1 atom stereocenters. The molecule has 0 bridgehead atoms. The van der Waals surface area contributed by atoms with Crippen LogP contribution < -0.4 is 10.6 Å². The molecular formula is C21H21FN4O. The molecule has 0 saturated heterocycles. The molecule has 0 aliphatic heterocycles. The number of carbonyl (C=O) groups excluding carboxylic acids is 1. The van der Waals surface area contributed by atoms with Crippen LogP contribution in [0.3, 0.4) is 0 Å². The molecule has 0 aliphatic rings. The van der Waals surface area contributed by atoms with Gasteiger partial charge in [0, 0.05) is 17.8 Å². The highest BCUT2D eigenvalue weighted by Crippen LogP contribution is 2.14. The van der Waals surface area contributed by atoms with Crippen LogP contribution in [0.25, 0.3) is 0 Å². The van der Waals surface area contributed by atoms with E-state index in [1.165, 1.54) is 6.07 Å². The number of hydrogen-bond acceptors (Lipinski definition) is 4. The summed E-state index contributed by atoms with van der Waals surface area (Å²) < 4.78 is 13.7. The normalized spacial score (nSPS) is 11.7. The molecular weight excluding hydrogens is 343 g/mol. The van der Waals surface area contributed by atoms with Crippen molar-refractivity contribution in [2.75, 3.05) is 5.32 Å². The molecule has 0 aliphatic carbocycles. The molecule has 3 aromatic rings. The van der Waals surface area contributed by atoms with E-state index in [0.717, 1.165) is 5.56 Å². The number of aryl methyl sites for hydroxylation is 1. The lowest BCUT2D eigenvalue weighted by atomic mass is 10.1. The fraction of sp³-hybridized carbons (Fsp3) is 0.190. The lowest BCUT2D eigenvalue weighted by Crippen LogP contribution is -2.28. The average molecular weight is 364 g/mol. The molecule has 1 heterocycles. The van der Waals surface area contributed by atoms with Crippen LogP contribution in [0.2, 0.25) is 0 Å². The Bertz CT molecular complexity index is 930. The number of nitrogens with one attached hydrogen (secondary N) is 2. The van der Waals surface area contributed by atoms with Gasteiger partial charge in [0.25, 0.3) is 5.91 Å². The third kappa shape index (κ3) is 4.88. The second-order valence-corrected chi connectivity index (χ2v) is 6.27. The molecule has 0 fully saturated rings. The summed E-state index contributed by atoms with van der Waals surface area (Å²) in [5, 5.41) is 5.91. The number of benzene rings is 2. The van der Waals surface area contributed by atoms with E-state index in [0.29, 0.717) is 11.3 Å². The molecule has 6 heteroatoms. The van der Waals surface area contributed by atoms with E-state index in [-0.39, 0.29) is 36.0 Å². The van der Waals surface area contributed by atoms with Crippen molar-refractivity contribution in [2.24, 2.45) is 0 Å². The number of rotatable bonds is 6. The van der Waals surface area contributed by atoms with Crippen LogP contribution in [0.1, 0.15) is 40.3 Å². The quantitative estimate of drug-likeness (QED) is 0.693. The summed E-state index contributed by atoms with van der Waals surface area (Å²) in [6, 6.07) is 17.7. The third-order valence-corrected chi connectivity index (χ3v) is 4.13. The lowest BCUT2D eigenvalue weighted by molar-refractivity contribution is 0.0934. The van der Waals surface area contributed by atoms with Crippen LogP contribution in [-0.4, -0.2) is 15.9 Å². The Morgan fingerprint density at radius 3 is 2.52 bits per heavy atom. The Labute approximate surface area is 157 Å². The number of hydrogen-bond donors (Lipinski definition) is 2. The Morgan fingerprint density at radius 2 is 1.78 bits per heavy atom. The summed E-state index contributed by atoms with van der Waals surface area (Å²) in [5.41, 5.74) is 2.43. The van der Waals surface area contributed by atoms with Crippen LogP contribution in [0, 0.1) is 12.7 Å². The molecule has 5 nitrogen and oxygen atoms in total. The molecule has 0 spiro atoms. The minimum Gasteiger partial charge on any atom is -0.350 e. The SMILES string of the molecule is Cc1cc(C(=O)NC(C)c2ccccc2)nc(NCc2ccccc2F)n1. The molecule has 2 aromatic carbocycles. The predicted octanol–water partition coefficient (Wildman–Crippen LogP) is 4.03. The number of aromatic nitrogens is 2. The fourth-order valence-corrected chi connectivity index (χ4v) is 2.68. The van der Waals surface area contributed by atoms with Crippen molar-refractivity contribution in [1.29, 1.82) is 0 Å². The first kappa shape index (κ1) is 18.5. The van der Waals surface area contributed by atoms with Crippen molar-refractivity contribution in [1.82, 2.24) is 15.3 Å². The van der Waals surface area contributed by atoms with Crippen LogP contribution in [-0.2, 0) is 6.54 Å². The maximum atomic E-state index is 13.7. The van der Waals surface area contributed by atoms with Crippen LogP contribution in [0.4, 0.5) is 10.3 Å². The summed E-state index contributed by atoms with van der Waals surface area (Å²) in [7, 11) is 0. The second-order valence-electron chi connectivity index (χ2n) is 6.27. The maximum absolute atomic E-state index is 13.7. The molecule has 0 saturated carbocycles. The lowest BCUT2D eigenvalue weighted by Gasteiger charge is -2.14. The van der Waals surface area contributed by atoms with Gasteiger partial charge in [0.1, 0.15) is 11.5 Å². The highest BCUT2D eigenvalue weighted by Gasteiger charge is 2.14. The topological polar surface area (TPSA) is 66.9 Å². The molecule has 3 rings (SSSR count). The largest absolute Gasteiger partial charge is 0.350 e. The monoisotopic (exact) mass is 364 g/mol. The Balaban J connectivity index is 1.71. The first-order chi connectivity index (χ1) is 13.0. The van der Waals surface area contributed by atoms with E-state index in [1.54, 1.807) is 31.2 Å². The predicted molar refractivity (Wildman–Crippen MR) is 103 cm³/mol. The standard InChI is InChI=1S/C21H21FN4O/c1-14-12-19(20(27)25-15(2)16-8-4-3-5-9-16)26-21(24-14)23-13-17-10-6-7-11-18(17)22/h3-12,15H,13H2,1-2H3,(H,25,27)(H,23,24,26). The number of nitrogens with zero attached hydrogens (tertiary/aromatic N) is 2. The van der Waals surface area contributed by atoms with E-state index in [2.05, 4.69) is 20.6 Å². The van der Waals surface area contributed by atoms with Gasteiger partial charge in [0.05, 0.1) is 6.04 Å². The van der Waals surface area contributed by atoms with Crippen molar-refractivity contribution in [2.45, 2.75) is 26.4 Å². The molecule has 1 unspecified atom stereocenters. The summed E-state index contributed by atoms with van der Waals surface area (Å²) in [6.07, 6.45) is 0. The van der Waals surface area contributed by atoms with Gasteiger partial charge in [-0.15, -0.1) is 0 Å². The number of amides is 1. The Morgan fingerprint density at radius 1 is 1.07 bits per heavy atom. The molecule has 0 radical (unpaired) electrons. The third-order valence-electron chi connectivity index (χ3n) is 4.13. The summed E-state index contributed by atoms with van der Waals surface area (Å²) >= 11 is 0. The van der Waals surface area contributed by atoms with Crippen LogP contribution in [0.15, 0.2) is 60.7 Å². The zero-order chi connectivity index (χ0) is 19.2. The van der Waals surface area contributed by atoms with Crippen LogP contribution in [0.5, 0.6) is 0 Å². The summed E-state index contributed by atoms with van der Waals surface area (Å²) in [6.45, 7) is 3.93. The number of anilines is 1. The van der Waals surface area contributed by atoms with E-state index in [1.807, 2.05) is 37.3 Å². The van der Waals surface area contributed by atoms with Gasteiger partial charge < -0.3 is 10.6 Å². The number of halogens is 1. The van der Waals surface area contributed by atoms with Gasteiger partial charge >= 0.3 is 0 Å².